The van der Waals surface area contributed by atoms with Crippen LogP contribution in [0.3, 0.4) is 0 Å². The number of rotatable bonds is 5. The Morgan fingerprint density at radius 2 is 2.00 bits per heavy atom. The summed E-state index contributed by atoms with van der Waals surface area (Å²) in [6.07, 6.45) is 1.86. The zero-order valence-corrected chi connectivity index (χ0v) is 12.3. The fourth-order valence-electron chi connectivity index (χ4n) is 3.10. The van der Waals surface area contributed by atoms with Gasteiger partial charge < -0.3 is 10.1 Å². The molecule has 0 aliphatic carbocycles. The van der Waals surface area contributed by atoms with E-state index in [0.717, 1.165) is 18.5 Å². The van der Waals surface area contributed by atoms with Crippen molar-refractivity contribution in [2.75, 3.05) is 6.54 Å². The fourth-order valence-corrected chi connectivity index (χ4v) is 3.10. The second-order valence-corrected chi connectivity index (χ2v) is 5.84. The van der Waals surface area contributed by atoms with Crippen molar-refractivity contribution in [3.63, 3.8) is 0 Å². The third kappa shape index (κ3) is 2.95. The van der Waals surface area contributed by atoms with E-state index in [1.54, 1.807) is 0 Å². The maximum absolute atomic E-state index is 12.3. The predicted octanol–water partition coefficient (Wildman–Crippen LogP) is 1.05. The molecule has 22 heavy (non-hydrogen) atoms. The molecule has 0 aromatic heterocycles. The van der Waals surface area contributed by atoms with Crippen LogP contribution in [0, 0.1) is 5.92 Å². The number of carbonyl (C=O) groups excluding carboxylic acids is 3. The summed E-state index contributed by atoms with van der Waals surface area (Å²) in [5.74, 6) is -2.60. The van der Waals surface area contributed by atoms with Crippen molar-refractivity contribution in [1.82, 2.24) is 5.32 Å². The molecule has 1 aromatic carbocycles. The number of Topliss-reactive ketones (excluding diaryl/α,β-unsaturated/α-hetero) is 2. The molecule has 3 rings (SSSR count). The third-order valence-electron chi connectivity index (χ3n) is 4.32. The Labute approximate surface area is 129 Å². The number of nitrogens with one attached hydrogen (secondary N) is 1. The molecule has 5 nitrogen and oxygen atoms in total. The van der Waals surface area contributed by atoms with Crippen molar-refractivity contribution in [3.05, 3.63) is 35.9 Å². The van der Waals surface area contributed by atoms with Crippen LogP contribution in [0.2, 0.25) is 0 Å². The Bertz CT molecular complexity index is 578. The van der Waals surface area contributed by atoms with Gasteiger partial charge in [-0.3, -0.25) is 14.4 Å². The molecular weight excluding hydrogens is 282 g/mol. The number of ether oxygens (including phenoxy) is 1. The fraction of sp³-hybridized carbons (Fsp3) is 0.471. The highest BCUT2D eigenvalue weighted by Crippen LogP contribution is 2.25. The molecule has 1 N–H and O–H groups in total. The summed E-state index contributed by atoms with van der Waals surface area (Å²) >= 11 is 0. The smallest absolute Gasteiger partial charge is 0.325 e. The molecule has 2 aliphatic heterocycles. The van der Waals surface area contributed by atoms with Gasteiger partial charge in [-0.05, 0) is 37.8 Å². The summed E-state index contributed by atoms with van der Waals surface area (Å²) in [6.45, 7) is 0.754. The zero-order chi connectivity index (χ0) is 15.5. The molecule has 2 heterocycles. The van der Waals surface area contributed by atoms with Crippen LogP contribution in [0.4, 0.5) is 0 Å². The monoisotopic (exact) mass is 301 g/mol. The number of ketones is 2. The first-order valence-electron chi connectivity index (χ1n) is 7.72. The van der Waals surface area contributed by atoms with Crippen LogP contribution >= 0.6 is 0 Å². The molecule has 2 fully saturated rings. The molecule has 5 heteroatoms. The van der Waals surface area contributed by atoms with Gasteiger partial charge in [0.25, 0.3) is 0 Å². The summed E-state index contributed by atoms with van der Waals surface area (Å²) < 4.78 is 5.15. The van der Waals surface area contributed by atoms with Gasteiger partial charge in [-0.2, -0.15) is 0 Å². The standard InChI is InChI=1S/C17H19NO4/c19-15(12-7-4-10-18-12)14-16(20)13(22-17(14)21)9-8-11-5-2-1-3-6-11/h1-3,5-6,12-14,18H,4,7-10H2/t12-,13+,14?/m0/s1. The Morgan fingerprint density at radius 1 is 1.23 bits per heavy atom. The number of benzene rings is 1. The van der Waals surface area contributed by atoms with Crippen molar-refractivity contribution >= 4 is 17.5 Å². The van der Waals surface area contributed by atoms with Crippen LogP contribution in [0.1, 0.15) is 24.8 Å². The molecule has 2 saturated heterocycles. The number of carbonyl (C=O) groups is 3. The van der Waals surface area contributed by atoms with E-state index >= 15 is 0 Å². The van der Waals surface area contributed by atoms with Crippen LogP contribution in [0.5, 0.6) is 0 Å². The SMILES string of the molecule is O=C1O[C@H](CCc2ccccc2)C(=O)C1C(=O)[C@@H]1CCCN1. The van der Waals surface area contributed by atoms with E-state index < -0.39 is 18.0 Å². The third-order valence-corrected chi connectivity index (χ3v) is 4.32. The molecule has 0 bridgehead atoms. The molecule has 1 aromatic rings. The van der Waals surface area contributed by atoms with Gasteiger partial charge in [0, 0.05) is 0 Å². The van der Waals surface area contributed by atoms with E-state index in [0.29, 0.717) is 19.3 Å². The highest BCUT2D eigenvalue weighted by Gasteiger charge is 2.49. The van der Waals surface area contributed by atoms with Crippen molar-refractivity contribution in [2.45, 2.75) is 37.8 Å². The lowest BCUT2D eigenvalue weighted by molar-refractivity contribution is -0.147. The Balaban J connectivity index is 1.62. The molecule has 0 spiro atoms. The topological polar surface area (TPSA) is 72.5 Å². The summed E-state index contributed by atoms with van der Waals surface area (Å²) in [4.78, 5) is 36.6. The lowest BCUT2D eigenvalue weighted by atomic mass is 9.91. The summed E-state index contributed by atoms with van der Waals surface area (Å²) in [5, 5.41) is 3.04. The maximum atomic E-state index is 12.3. The minimum Gasteiger partial charge on any atom is -0.453 e. The second-order valence-electron chi connectivity index (χ2n) is 5.84. The van der Waals surface area contributed by atoms with Gasteiger partial charge in [-0.25, -0.2) is 0 Å². The second kappa shape index (κ2) is 6.40. The average molecular weight is 301 g/mol. The quantitative estimate of drug-likeness (QED) is 0.650. The van der Waals surface area contributed by atoms with Gasteiger partial charge in [-0.1, -0.05) is 30.3 Å². The number of cyclic esters (lactones) is 1. The normalized spacial score (nSPS) is 27.9. The van der Waals surface area contributed by atoms with E-state index in [1.165, 1.54) is 0 Å². The number of hydrogen-bond acceptors (Lipinski definition) is 5. The summed E-state index contributed by atoms with van der Waals surface area (Å²) in [6, 6.07) is 9.33. The first kappa shape index (κ1) is 14.9. The van der Waals surface area contributed by atoms with Crippen molar-refractivity contribution < 1.29 is 19.1 Å². The molecular formula is C17H19NO4. The molecule has 0 amide bonds. The molecule has 0 radical (unpaired) electrons. The minimum absolute atomic E-state index is 0.324. The van der Waals surface area contributed by atoms with Gasteiger partial charge in [0.15, 0.2) is 23.6 Å². The zero-order valence-electron chi connectivity index (χ0n) is 12.3. The highest BCUT2D eigenvalue weighted by molar-refractivity contribution is 6.23. The number of aryl methyl sites for hydroxylation is 1. The lowest BCUT2D eigenvalue weighted by Gasteiger charge is -2.11. The molecule has 0 saturated carbocycles. The van der Waals surface area contributed by atoms with E-state index in [2.05, 4.69) is 5.32 Å². The lowest BCUT2D eigenvalue weighted by Crippen LogP contribution is -2.40. The van der Waals surface area contributed by atoms with Crippen LogP contribution in [-0.2, 0) is 25.5 Å². The van der Waals surface area contributed by atoms with Crippen molar-refractivity contribution in [3.8, 4) is 0 Å². The van der Waals surface area contributed by atoms with Gasteiger partial charge >= 0.3 is 5.97 Å². The Kier molecular flexibility index (Phi) is 4.34. The largest absolute Gasteiger partial charge is 0.453 e. The van der Waals surface area contributed by atoms with Crippen molar-refractivity contribution in [1.29, 1.82) is 0 Å². The summed E-state index contributed by atoms with van der Waals surface area (Å²) in [5.41, 5.74) is 1.08. The van der Waals surface area contributed by atoms with Gasteiger partial charge in [0.2, 0.25) is 0 Å². The van der Waals surface area contributed by atoms with E-state index in [-0.39, 0.29) is 17.6 Å². The molecule has 116 valence electrons. The van der Waals surface area contributed by atoms with E-state index in [1.807, 2.05) is 30.3 Å². The Morgan fingerprint density at radius 3 is 2.68 bits per heavy atom. The van der Waals surface area contributed by atoms with Gasteiger partial charge in [-0.15, -0.1) is 0 Å². The maximum Gasteiger partial charge on any atom is 0.325 e. The predicted molar refractivity (Wildman–Crippen MR) is 79.2 cm³/mol. The van der Waals surface area contributed by atoms with Gasteiger partial charge in [0.05, 0.1) is 6.04 Å². The van der Waals surface area contributed by atoms with Crippen LogP contribution in [-0.4, -0.2) is 36.2 Å². The van der Waals surface area contributed by atoms with E-state index in [9.17, 15) is 14.4 Å². The van der Waals surface area contributed by atoms with Crippen LogP contribution in [0.25, 0.3) is 0 Å². The first-order chi connectivity index (χ1) is 10.7. The van der Waals surface area contributed by atoms with Crippen molar-refractivity contribution in [2.24, 2.45) is 5.92 Å². The number of esters is 1. The molecule has 2 aliphatic rings. The summed E-state index contributed by atoms with van der Waals surface area (Å²) in [7, 11) is 0. The van der Waals surface area contributed by atoms with E-state index in [4.69, 9.17) is 4.74 Å². The minimum atomic E-state index is -1.23. The first-order valence-corrected chi connectivity index (χ1v) is 7.72. The average Bonchev–Trinajstić information content (AvgIpc) is 3.15. The van der Waals surface area contributed by atoms with Crippen LogP contribution in [0.15, 0.2) is 30.3 Å². The number of hydrogen-bond donors (Lipinski definition) is 1. The molecule has 3 atom stereocenters. The highest BCUT2D eigenvalue weighted by atomic mass is 16.6. The van der Waals surface area contributed by atoms with Crippen LogP contribution < -0.4 is 5.32 Å². The van der Waals surface area contributed by atoms with Gasteiger partial charge in [0.1, 0.15) is 0 Å². The molecule has 1 unspecified atom stereocenters. The Hall–Kier alpha value is -2.01.